The zero-order valence-corrected chi connectivity index (χ0v) is 17.0. The van der Waals surface area contributed by atoms with Gasteiger partial charge in [0, 0.05) is 0 Å². The van der Waals surface area contributed by atoms with E-state index in [0.29, 0.717) is 4.91 Å². The standard InChI is InChI=1S/C19H19BrN2O3S/c1-11-4-6-16(25-3)14(8-11)21-19-22-18(23)17(26-19)10-12-5-7-15(24-2)13(20)9-12/h4-10,19,21H,1-3H3,(H,22,23)/b17-10-. The summed E-state index contributed by atoms with van der Waals surface area (Å²) in [5.41, 5.74) is 2.62. The Kier molecular flexibility index (Phi) is 5.78. The van der Waals surface area contributed by atoms with E-state index in [9.17, 15) is 4.79 Å². The molecule has 136 valence electrons. The SMILES string of the molecule is COc1ccc(/C=C2\SC(Nc3cc(C)ccc3OC)NC2=O)cc1Br. The van der Waals surface area contributed by atoms with Gasteiger partial charge in [-0.25, -0.2) is 0 Å². The molecule has 1 aliphatic heterocycles. The molecule has 1 fully saturated rings. The second kappa shape index (κ2) is 8.05. The van der Waals surface area contributed by atoms with Crippen LogP contribution in [0.2, 0.25) is 0 Å². The fraction of sp³-hybridized carbons (Fsp3) is 0.211. The molecule has 0 radical (unpaired) electrons. The molecule has 26 heavy (non-hydrogen) atoms. The highest BCUT2D eigenvalue weighted by Crippen LogP contribution is 2.34. The third-order valence-corrected chi connectivity index (χ3v) is 5.49. The van der Waals surface area contributed by atoms with Crippen molar-refractivity contribution in [3.8, 4) is 11.5 Å². The van der Waals surface area contributed by atoms with E-state index >= 15 is 0 Å². The van der Waals surface area contributed by atoms with Crippen molar-refractivity contribution in [1.29, 1.82) is 0 Å². The van der Waals surface area contributed by atoms with Crippen molar-refractivity contribution in [2.45, 2.75) is 12.4 Å². The predicted molar refractivity (Wildman–Crippen MR) is 110 cm³/mol. The van der Waals surface area contributed by atoms with E-state index in [1.165, 1.54) is 11.8 Å². The zero-order chi connectivity index (χ0) is 18.7. The number of nitrogens with one attached hydrogen (secondary N) is 2. The lowest BCUT2D eigenvalue weighted by atomic mass is 10.2. The third kappa shape index (κ3) is 4.16. The molecule has 5 nitrogen and oxygen atoms in total. The fourth-order valence-corrected chi connectivity index (χ4v) is 4.10. The van der Waals surface area contributed by atoms with Crippen LogP contribution >= 0.6 is 27.7 Å². The molecule has 1 heterocycles. The van der Waals surface area contributed by atoms with Crippen molar-refractivity contribution in [2.75, 3.05) is 19.5 Å². The van der Waals surface area contributed by atoms with Gasteiger partial charge in [0.25, 0.3) is 5.91 Å². The summed E-state index contributed by atoms with van der Waals surface area (Å²) in [6.07, 6.45) is 1.86. The smallest absolute Gasteiger partial charge is 0.260 e. The van der Waals surface area contributed by atoms with Gasteiger partial charge in [-0.2, -0.15) is 0 Å². The van der Waals surface area contributed by atoms with E-state index < -0.39 is 0 Å². The topological polar surface area (TPSA) is 59.6 Å². The largest absolute Gasteiger partial charge is 0.496 e. The van der Waals surface area contributed by atoms with Gasteiger partial charge in [0.15, 0.2) is 5.50 Å². The molecule has 2 N–H and O–H groups in total. The molecule has 0 spiro atoms. The summed E-state index contributed by atoms with van der Waals surface area (Å²) in [7, 11) is 3.25. The summed E-state index contributed by atoms with van der Waals surface area (Å²) in [4.78, 5) is 12.9. The number of anilines is 1. The van der Waals surface area contributed by atoms with E-state index in [-0.39, 0.29) is 11.4 Å². The molecule has 1 amide bonds. The molecule has 3 rings (SSSR count). The second-order valence-corrected chi connectivity index (χ2v) is 7.72. The molecule has 7 heteroatoms. The quantitative estimate of drug-likeness (QED) is 0.683. The van der Waals surface area contributed by atoms with Gasteiger partial charge in [-0.3, -0.25) is 4.79 Å². The minimum absolute atomic E-state index is 0.105. The van der Waals surface area contributed by atoms with Crippen LogP contribution in [0.3, 0.4) is 0 Å². The van der Waals surface area contributed by atoms with Gasteiger partial charge in [-0.05, 0) is 64.3 Å². The van der Waals surface area contributed by atoms with Crippen LogP contribution in [-0.4, -0.2) is 25.6 Å². The van der Waals surface area contributed by atoms with Crippen molar-refractivity contribution in [3.63, 3.8) is 0 Å². The maximum absolute atomic E-state index is 12.3. The average Bonchev–Trinajstić information content (AvgIpc) is 2.94. The van der Waals surface area contributed by atoms with Gasteiger partial charge >= 0.3 is 0 Å². The fourth-order valence-electron chi connectivity index (χ4n) is 2.56. The van der Waals surface area contributed by atoms with Crippen molar-refractivity contribution < 1.29 is 14.3 Å². The highest BCUT2D eigenvalue weighted by atomic mass is 79.9. The summed E-state index contributed by atoms with van der Waals surface area (Å²) >= 11 is 4.90. The molecule has 0 aliphatic carbocycles. The van der Waals surface area contributed by atoms with E-state index in [0.717, 1.165) is 32.8 Å². The molecule has 0 aromatic heterocycles. The summed E-state index contributed by atoms with van der Waals surface area (Å²) in [5, 5.41) is 6.25. The summed E-state index contributed by atoms with van der Waals surface area (Å²) in [6, 6.07) is 11.6. The Labute approximate surface area is 165 Å². The molecular weight excluding hydrogens is 416 g/mol. The highest BCUT2D eigenvalue weighted by Gasteiger charge is 2.27. The van der Waals surface area contributed by atoms with Crippen molar-refractivity contribution in [1.82, 2.24) is 5.32 Å². The van der Waals surface area contributed by atoms with Crippen LogP contribution in [0.5, 0.6) is 11.5 Å². The molecule has 1 saturated heterocycles. The average molecular weight is 435 g/mol. The van der Waals surface area contributed by atoms with Crippen molar-refractivity contribution >= 4 is 45.4 Å². The Bertz CT molecular complexity index is 870. The Morgan fingerprint density at radius 2 is 1.88 bits per heavy atom. The molecule has 1 atom stereocenters. The van der Waals surface area contributed by atoms with Gasteiger partial charge < -0.3 is 20.1 Å². The second-order valence-electron chi connectivity index (χ2n) is 5.72. The normalized spacial score (nSPS) is 17.9. The molecule has 2 aromatic rings. The lowest BCUT2D eigenvalue weighted by Crippen LogP contribution is -2.31. The number of hydrogen-bond acceptors (Lipinski definition) is 5. The van der Waals surface area contributed by atoms with E-state index in [1.54, 1.807) is 14.2 Å². The summed E-state index contributed by atoms with van der Waals surface area (Å²) in [5.74, 6) is 1.38. The van der Waals surface area contributed by atoms with Crippen molar-refractivity contribution in [2.24, 2.45) is 0 Å². The number of carbonyl (C=O) groups is 1. The monoisotopic (exact) mass is 434 g/mol. The predicted octanol–water partition coefficient (Wildman–Crippen LogP) is 4.37. The molecule has 1 aliphatic rings. The Morgan fingerprint density at radius 1 is 1.15 bits per heavy atom. The zero-order valence-electron chi connectivity index (χ0n) is 14.6. The van der Waals surface area contributed by atoms with E-state index in [1.807, 2.05) is 49.4 Å². The van der Waals surface area contributed by atoms with Gasteiger partial charge in [0.1, 0.15) is 11.5 Å². The van der Waals surface area contributed by atoms with Crippen LogP contribution < -0.4 is 20.1 Å². The molecule has 1 unspecified atom stereocenters. The Balaban J connectivity index is 1.76. The lowest BCUT2D eigenvalue weighted by molar-refractivity contribution is -0.116. The number of thioether (sulfide) groups is 1. The number of hydrogen-bond donors (Lipinski definition) is 2. The van der Waals surface area contributed by atoms with Crippen LogP contribution in [0, 0.1) is 6.92 Å². The number of amides is 1. The Morgan fingerprint density at radius 3 is 2.58 bits per heavy atom. The van der Waals surface area contributed by atoms with Crippen LogP contribution in [0.15, 0.2) is 45.8 Å². The first-order valence-electron chi connectivity index (χ1n) is 7.94. The molecule has 0 saturated carbocycles. The maximum Gasteiger partial charge on any atom is 0.260 e. The minimum Gasteiger partial charge on any atom is -0.496 e. The summed E-state index contributed by atoms with van der Waals surface area (Å²) in [6.45, 7) is 2.01. The van der Waals surface area contributed by atoms with Gasteiger partial charge in [0.2, 0.25) is 0 Å². The van der Waals surface area contributed by atoms with Crippen LogP contribution in [0.4, 0.5) is 5.69 Å². The number of halogens is 1. The van der Waals surface area contributed by atoms with E-state index in [4.69, 9.17) is 9.47 Å². The van der Waals surface area contributed by atoms with Crippen molar-refractivity contribution in [3.05, 3.63) is 56.9 Å². The van der Waals surface area contributed by atoms with Gasteiger partial charge in [-0.1, -0.05) is 23.9 Å². The molecule has 2 aromatic carbocycles. The van der Waals surface area contributed by atoms with Crippen LogP contribution in [0.25, 0.3) is 6.08 Å². The maximum atomic E-state index is 12.3. The third-order valence-electron chi connectivity index (χ3n) is 3.85. The number of ether oxygens (including phenoxy) is 2. The first-order chi connectivity index (χ1) is 12.5. The van der Waals surface area contributed by atoms with Crippen LogP contribution in [-0.2, 0) is 4.79 Å². The number of carbonyl (C=O) groups excluding carboxylic acids is 1. The Hall–Kier alpha value is -2.12. The molecule has 0 bridgehead atoms. The number of benzene rings is 2. The number of methoxy groups -OCH3 is 2. The lowest BCUT2D eigenvalue weighted by Gasteiger charge is -2.16. The summed E-state index contributed by atoms with van der Waals surface area (Å²) < 4.78 is 11.5. The highest BCUT2D eigenvalue weighted by molar-refractivity contribution is 9.10. The minimum atomic E-state index is -0.258. The number of rotatable bonds is 5. The number of aryl methyl sites for hydroxylation is 1. The molecular formula is C19H19BrN2O3S. The van der Waals surface area contributed by atoms with E-state index in [2.05, 4.69) is 26.6 Å². The van der Waals surface area contributed by atoms with Gasteiger partial charge in [0.05, 0.1) is 29.3 Å². The first kappa shape index (κ1) is 18.7. The van der Waals surface area contributed by atoms with Gasteiger partial charge in [-0.15, -0.1) is 0 Å². The van der Waals surface area contributed by atoms with Crippen LogP contribution in [0.1, 0.15) is 11.1 Å². The first-order valence-corrected chi connectivity index (χ1v) is 9.61.